The topological polar surface area (TPSA) is 85.2 Å². The summed E-state index contributed by atoms with van der Waals surface area (Å²) in [5.74, 6) is -3.74. The van der Waals surface area contributed by atoms with E-state index in [1.807, 2.05) is 0 Å². The molecule has 1 unspecified atom stereocenters. The van der Waals surface area contributed by atoms with E-state index in [1.54, 1.807) is 0 Å². The monoisotopic (exact) mass is 283 g/mol. The Morgan fingerprint density at radius 3 is 2.55 bits per heavy atom. The third kappa shape index (κ3) is 2.40. The lowest BCUT2D eigenvalue weighted by atomic mass is 10.1. The van der Waals surface area contributed by atoms with Crippen molar-refractivity contribution in [1.82, 2.24) is 10.2 Å². The minimum absolute atomic E-state index is 0.0728. The molecule has 8 heteroatoms. The van der Waals surface area contributed by atoms with Gasteiger partial charge in [-0.3, -0.25) is 4.79 Å². The number of amides is 1. The molecule has 1 atom stereocenters. The molecule has 0 spiro atoms. The largest absolute Gasteiger partial charge is 0.503 e. The van der Waals surface area contributed by atoms with Crippen molar-refractivity contribution >= 4 is 18.2 Å². The number of carbonyl (C=O) groups excluding carboxylic acids is 1. The van der Waals surface area contributed by atoms with Gasteiger partial charge in [0.1, 0.15) is 11.9 Å². The molecule has 1 aliphatic rings. The van der Waals surface area contributed by atoms with Gasteiger partial charge in [-0.15, -0.1) is 0 Å². The lowest BCUT2D eigenvalue weighted by Crippen LogP contribution is -2.35. The maximum Gasteiger partial charge on any atom is 0.271 e. The highest BCUT2D eigenvalue weighted by molar-refractivity contribution is 6.01. The predicted octanol–water partition coefficient (Wildman–Crippen LogP) is 0.859. The predicted molar refractivity (Wildman–Crippen MR) is 66.0 cm³/mol. The number of aromatic hydroxyl groups is 1. The van der Waals surface area contributed by atoms with Crippen LogP contribution < -0.4 is 5.32 Å². The SMILES string of the molecule is CN1C(=O)/C(=C/c2cc(F)c(O)c(F)c2)NC1/C=N/O. The first kappa shape index (κ1) is 13.8. The molecule has 1 aliphatic heterocycles. The van der Waals surface area contributed by atoms with Gasteiger partial charge < -0.3 is 20.5 Å². The standard InChI is InChI=1S/C12H11F2N3O3/c1-17-10(5-15-20)16-9(12(17)19)4-6-2-7(13)11(18)8(14)3-6/h2-5,10,16,18,20H,1H3/b9-4-,15-5+. The summed E-state index contributed by atoms with van der Waals surface area (Å²) in [5.41, 5.74) is 0.158. The second kappa shape index (κ2) is 5.16. The average molecular weight is 283 g/mol. The molecule has 0 aromatic heterocycles. The van der Waals surface area contributed by atoms with Gasteiger partial charge >= 0.3 is 0 Å². The fourth-order valence-corrected chi connectivity index (χ4v) is 1.77. The Morgan fingerprint density at radius 1 is 1.40 bits per heavy atom. The maximum atomic E-state index is 13.2. The molecule has 1 aromatic rings. The van der Waals surface area contributed by atoms with Crippen molar-refractivity contribution in [2.24, 2.45) is 5.16 Å². The molecule has 0 radical (unpaired) electrons. The van der Waals surface area contributed by atoms with E-state index in [0.717, 1.165) is 18.3 Å². The van der Waals surface area contributed by atoms with Gasteiger partial charge in [0.05, 0.1) is 6.21 Å². The normalized spacial score (nSPS) is 20.9. The highest BCUT2D eigenvalue weighted by atomic mass is 19.1. The summed E-state index contributed by atoms with van der Waals surface area (Å²) in [4.78, 5) is 13.1. The van der Waals surface area contributed by atoms with Crippen LogP contribution >= 0.6 is 0 Å². The number of rotatable bonds is 2. The molecule has 6 nitrogen and oxygen atoms in total. The van der Waals surface area contributed by atoms with Crippen molar-refractivity contribution in [1.29, 1.82) is 0 Å². The molecule has 0 saturated carbocycles. The van der Waals surface area contributed by atoms with E-state index in [0.29, 0.717) is 0 Å². The third-order valence-corrected chi connectivity index (χ3v) is 2.83. The van der Waals surface area contributed by atoms with E-state index in [-0.39, 0.29) is 11.3 Å². The molecular weight excluding hydrogens is 272 g/mol. The highest BCUT2D eigenvalue weighted by Gasteiger charge is 2.30. The minimum atomic E-state index is -1.12. The first-order chi connectivity index (χ1) is 9.43. The number of halogens is 2. The van der Waals surface area contributed by atoms with E-state index < -0.39 is 29.5 Å². The molecule has 1 aromatic carbocycles. The van der Waals surface area contributed by atoms with Crippen molar-refractivity contribution in [2.45, 2.75) is 6.17 Å². The summed E-state index contributed by atoms with van der Waals surface area (Å²) in [7, 11) is 1.47. The molecule has 1 fully saturated rings. The number of carbonyl (C=O) groups is 1. The van der Waals surface area contributed by atoms with Gasteiger partial charge in [-0.1, -0.05) is 5.16 Å². The van der Waals surface area contributed by atoms with Crippen LogP contribution in [-0.4, -0.2) is 40.5 Å². The first-order valence-electron chi connectivity index (χ1n) is 5.55. The van der Waals surface area contributed by atoms with Gasteiger partial charge in [-0.05, 0) is 23.8 Å². The second-order valence-electron chi connectivity index (χ2n) is 4.16. The van der Waals surface area contributed by atoms with Gasteiger partial charge in [0.25, 0.3) is 5.91 Å². The van der Waals surface area contributed by atoms with Gasteiger partial charge in [-0.25, -0.2) is 8.78 Å². The van der Waals surface area contributed by atoms with Crippen LogP contribution in [0.5, 0.6) is 5.75 Å². The van der Waals surface area contributed by atoms with Gasteiger partial charge in [0, 0.05) is 7.05 Å². The smallest absolute Gasteiger partial charge is 0.271 e. The van der Waals surface area contributed by atoms with Crippen LogP contribution in [0.3, 0.4) is 0 Å². The van der Waals surface area contributed by atoms with Crippen LogP contribution in [0, 0.1) is 11.6 Å². The van der Waals surface area contributed by atoms with E-state index >= 15 is 0 Å². The van der Waals surface area contributed by atoms with Crippen LogP contribution in [0.2, 0.25) is 0 Å². The number of hydrogen-bond acceptors (Lipinski definition) is 5. The number of benzene rings is 1. The molecule has 3 N–H and O–H groups in total. The molecule has 1 amide bonds. The van der Waals surface area contributed by atoms with Crippen LogP contribution in [0.15, 0.2) is 23.0 Å². The van der Waals surface area contributed by atoms with Gasteiger partial charge in [0.2, 0.25) is 0 Å². The zero-order valence-electron chi connectivity index (χ0n) is 10.3. The van der Waals surface area contributed by atoms with E-state index in [1.165, 1.54) is 18.0 Å². The number of hydrogen-bond donors (Lipinski definition) is 3. The van der Waals surface area contributed by atoms with E-state index in [4.69, 9.17) is 10.3 Å². The van der Waals surface area contributed by atoms with Crippen LogP contribution in [0.4, 0.5) is 8.78 Å². The Bertz CT molecular complexity index is 593. The number of likely N-dealkylation sites (N-methyl/N-ethyl adjacent to an activating group) is 1. The average Bonchev–Trinajstić information content (AvgIpc) is 2.65. The van der Waals surface area contributed by atoms with E-state index in [2.05, 4.69) is 10.5 Å². The number of phenolic OH excluding ortho intramolecular Hbond substituents is 1. The number of nitrogens with zero attached hydrogens (tertiary/aromatic N) is 2. The van der Waals surface area contributed by atoms with Crippen LogP contribution in [0.1, 0.15) is 5.56 Å². The minimum Gasteiger partial charge on any atom is -0.503 e. The molecule has 0 bridgehead atoms. The lowest BCUT2D eigenvalue weighted by Gasteiger charge is -2.12. The zero-order chi connectivity index (χ0) is 14.9. The van der Waals surface area contributed by atoms with Crippen molar-refractivity contribution in [3.8, 4) is 5.75 Å². The summed E-state index contributed by atoms with van der Waals surface area (Å²) in [6, 6.07) is 1.79. The van der Waals surface area contributed by atoms with E-state index in [9.17, 15) is 13.6 Å². The molecule has 0 aliphatic carbocycles. The second-order valence-corrected chi connectivity index (χ2v) is 4.16. The van der Waals surface area contributed by atoms with Crippen molar-refractivity contribution in [2.75, 3.05) is 7.05 Å². The Kier molecular flexibility index (Phi) is 3.55. The van der Waals surface area contributed by atoms with Crippen molar-refractivity contribution in [3.05, 3.63) is 35.0 Å². The Morgan fingerprint density at radius 2 is 2.00 bits per heavy atom. The third-order valence-electron chi connectivity index (χ3n) is 2.83. The van der Waals surface area contributed by atoms with Crippen molar-refractivity contribution in [3.63, 3.8) is 0 Å². The van der Waals surface area contributed by atoms with Gasteiger partial charge in [-0.2, -0.15) is 0 Å². The van der Waals surface area contributed by atoms with Crippen molar-refractivity contribution < 1.29 is 23.9 Å². The summed E-state index contributed by atoms with van der Waals surface area (Å²) in [6.45, 7) is 0. The fraction of sp³-hybridized carbons (Fsp3) is 0.167. The fourth-order valence-electron chi connectivity index (χ4n) is 1.77. The van der Waals surface area contributed by atoms with Gasteiger partial charge in [0.15, 0.2) is 17.4 Å². The summed E-state index contributed by atoms with van der Waals surface area (Å²) in [5, 5.41) is 23.0. The molecule has 20 heavy (non-hydrogen) atoms. The summed E-state index contributed by atoms with van der Waals surface area (Å²) < 4.78 is 26.4. The highest BCUT2D eigenvalue weighted by Crippen LogP contribution is 2.23. The quantitative estimate of drug-likeness (QED) is 0.325. The zero-order valence-corrected chi connectivity index (χ0v) is 10.3. The number of oxime groups is 1. The molecule has 106 valence electrons. The molecule has 1 heterocycles. The van der Waals surface area contributed by atoms with Crippen LogP contribution in [0.25, 0.3) is 6.08 Å². The summed E-state index contributed by atoms with van der Waals surface area (Å²) >= 11 is 0. The Hall–Kier alpha value is -2.64. The molecule has 2 rings (SSSR count). The lowest BCUT2D eigenvalue weighted by molar-refractivity contribution is -0.124. The number of phenols is 1. The number of nitrogens with one attached hydrogen (secondary N) is 1. The van der Waals surface area contributed by atoms with Crippen LogP contribution in [-0.2, 0) is 4.79 Å². The molecule has 1 saturated heterocycles. The Balaban J connectivity index is 2.34. The maximum absolute atomic E-state index is 13.2. The Labute approximate surface area is 112 Å². The molecular formula is C12H11F2N3O3. The summed E-state index contributed by atoms with van der Waals surface area (Å²) in [6.07, 6.45) is 1.68. The first-order valence-corrected chi connectivity index (χ1v) is 5.55.